The number of hydrogen-bond acceptors (Lipinski definition) is 1. The van der Waals surface area contributed by atoms with Crippen molar-refractivity contribution >= 4 is 10.9 Å². The van der Waals surface area contributed by atoms with Crippen LogP contribution in [0.1, 0.15) is 49.3 Å². The highest BCUT2D eigenvalue weighted by Crippen LogP contribution is 2.40. The summed E-state index contributed by atoms with van der Waals surface area (Å²) in [6.07, 6.45) is 1.19. The molecule has 0 spiro atoms. The van der Waals surface area contributed by atoms with Gasteiger partial charge in [-0.3, -0.25) is 0 Å². The van der Waals surface area contributed by atoms with Crippen molar-refractivity contribution in [1.29, 1.82) is 0 Å². The van der Waals surface area contributed by atoms with Gasteiger partial charge in [-0.25, -0.2) is 4.98 Å². The van der Waals surface area contributed by atoms with E-state index in [1.54, 1.807) is 6.07 Å². The molecule has 0 saturated carbocycles. The van der Waals surface area contributed by atoms with Crippen LogP contribution < -0.4 is 0 Å². The number of aromatic nitrogens is 1. The molecule has 0 aliphatic heterocycles. The van der Waals surface area contributed by atoms with Gasteiger partial charge in [-0.2, -0.15) is 13.2 Å². The Kier molecular flexibility index (Phi) is 6.83. The number of benzene rings is 3. The van der Waals surface area contributed by atoms with Crippen LogP contribution in [0.25, 0.3) is 33.3 Å². The second-order valence-electron chi connectivity index (χ2n) is 8.61. The third-order valence-electron chi connectivity index (χ3n) is 6.10. The molecule has 0 saturated heterocycles. The number of halogens is 3. The maximum Gasteiger partial charge on any atom is 0.417 e. The molecule has 0 fully saturated rings. The Bertz CT molecular complexity index is 1240. The number of alkyl halides is 3. The molecule has 170 valence electrons. The van der Waals surface area contributed by atoms with Gasteiger partial charge in [0.15, 0.2) is 0 Å². The third kappa shape index (κ3) is 5.27. The number of hydrogen-bond donors (Lipinski definition) is 0. The van der Waals surface area contributed by atoms with Gasteiger partial charge in [-0.05, 0) is 66.3 Å². The number of para-hydroxylation sites is 1. The van der Waals surface area contributed by atoms with Crippen molar-refractivity contribution in [2.24, 2.45) is 0 Å². The Balaban J connectivity index is 1.73. The lowest BCUT2D eigenvalue weighted by molar-refractivity contribution is -0.137. The minimum absolute atomic E-state index is 0.187. The first-order valence-electron chi connectivity index (χ1n) is 11.5. The van der Waals surface area contributed by atoms with E-state index in [2.05, 4.69) is 6.92 Å². The molecule has 0 N–H and O–H groups in total. The standard InChI is InChI=1S/C29H28F3N/c1-3-4-5-6-9-21-12-14-22(15-13-21)25-19-24(16-17-26(25)29(30,31)32)28-20(2)18-23-10-7-8-11-27(23)33-28/h7-8,10-19H,3-6,9H2,1-2H3. The molecule has 1 aromatic heterocycles. The smallest absolute Gasteiger partial charge is 0.248 e. The Hall–Kier alpha value is -3.14. The number of rotatable bonds is 7. The number of fused-ring (bicyclic) bond motifs is 1. The molecule has 33 heavy (non-hydrogen) atoms. The van der Waals surface area contributed by atoms with Crippen LogP contribution in [0.3, 0.4) is 0 Å². The van der Waals surface area contributed by atoms with Crippen molar-refractivity contribution < 1.29 is 13.2 Å². The lowest BCUT2D eigenvalue weighted by atomic mass is 9.93. The minimum atomic E-state index is -4.43. The third-order valence-corrected chi connectivity index (χ3v) is 6.10. The molecule has 0 unspecified atom stereocenters. The highest BCUT2D eigenvalue weighted by Gasteiger charge is 2.34. The number of unbranched alkanes of at least 4 members (excludes halogenated alkanes) is 3. The van der Waals surface area contributed by atoms with Crippen molar-refractivity contribution in [2.45, 2.75) is 52.1 Å². The largest absolute Gasteiger partial charge is 0.417 e. The second kappa shape index (κ2) is 9.78. The second-order valence-corrected chi connectivity index (χ2v) is 8.61. The van der Waals surface area contributed by atoms with E-state index in [0.29, 0.717) is 16.8 Å². The first-order chi connectivity index (χ1) is 15.9. The van der Waals surface area contributed by atoms with Crippen LogP contribution in [0.5, 0.6) is 0 Å². The van der Waals surface area contributed by atoms with Crippen LogP contribution in [0.2, 0.25) is 0 Å². The maximum atomic E-state index is 13.9. The average molecular weight is 448 g/mol. The summed E-state index contributed by atoms with van der Waals surface area (Å²) in [7, 11) is 0. The van der Waals surface area contributed by atoms with E-state index in [4.69, 9.17) is 4.98 Å². The van der Waals surface area contributed by atoms with Crippen LogP contribution in [0.4, 0.5) is 13.2 Å². The van der Waals surface area contributed by atoms with Gasteiger partial charge in [-0.1, -0.05) is 74.7 Å². The Morgan fingerprint density at radius 1 is 0.788 bits per heavy atom. The van der Waals surface area contributed by atoms with Gasteiger partial charge in [0, 0.05) is 10.9 Å². The molecule has 4 heteroatoms. The van der Waals surface area contributed by atoms with Crippen molar-refractivity contribution in [1.82, 2.24) is 4.98 Å². The Morgan fingerprint density at radius 2 is 1.52 bits per heavy atom. The highest BCUT2D eigenvalue weighted by atomic mass is 19.4. The zero-order valence-electron chi connectivity index (χ0n) is 19.0. The fourth-order valence-electron chi connectivity index (χ4n) is 4.30. The predicted molar refractivity (Wildman–Crippen MR) is 130 cm³/mol. The molecule has 1 nitrogen and oxygen atoms in total. The predicted octanol–water partition coefficient (Wildman–Crippen LogP) is 9.02. The van der Waals surface area contributed by atoms with Crippen molar-refractivity contribution in [3.05, 3.63) is 89.5 Å². The van der Waals surface area contributed by atoms with E-state index in [-0.39, 0.29) is 5.56 Å². The lowest BCUT2D eigenvalue weighted by Gasteiger charge is -2.16. The summed E-state index contributed by atoms with van der Waals surface area (Å²) in [4.78, 5) is 4.75. The molecule has 0 atom stereocenters. The van der Waals surface area contributed by atoms with Crippen LogP contribution in [-0.2, 0) is 12.6 Å². The van der Waals surface area contributed by atoms with Crippen LogP contribution >= 0.6 is 0 Å². The van der Waals surface area contributed by atoms with E-state index in [1.165, 1.54) is 31.4 Å². The molecule has 0 amide bonds. The van der Waals surface area contributed by atoms with Gasteiger partial charge in [0.1, 0.15) is 0 Å². The molecule has 0 aliphatic carbocycles. The summed E-state index contributed by atoms with van der Waals surface area (Å²) in [5.41, 5.74) is 4.44. The summed E-state index contributed by atoms with van der Waals surface area (Å²) >= 11 is 0. The zero-order chi connectivity index (χ0) is 23.4. The molecule has 4 aromatic rings. The van der Waals surface area contributed by atoms with Crippen molar-refractivity contribution in [3.63, 3.8) is 0 Å². The fourth-order valence-corrected chi connectivity index (χ4v) is 4.30. The van der Waals surface area contributed by atoms with E-state index in [1.807, 2.05) is 61.5 Å². The first kappa shape index (κ1) is 23.0. The molecule has 3 aromatic carbocycles. The van der Waals surface area contributed by atoms with E-state index in [0.717, 1.165) is 34.9 Å². The van der Waals surface area contributed by atoms with Crippen LogP contribution in [-0.4, -0.2) is 4.98 Å². The molecule has 4 rings (SSSR count). The monoisotopic (exact) mass is 447 g/mol. The summed E-state index contributed by atoms with van der Waals surface area (Å²) in [6.45, 7) is 4.12. The topological polar surface area (TPSA) is 12.9 Å². The normalized spacial score (nSPS) is 11.8. The summed E-state index contributed by atoms with van der Waals surface area (Å²) < 4.78 is 41.6. The van der Waals surface area contributed by atoms with Crippen LogP contribution in [0, 0.1) is 6.92 Å². The van der Waals surface area contributed by atoms with Gasteiger partial charge >= 0.3 is 6.18 Å². The highest BCUT2D eigenvalue weighted by molar-refractivity contribution is 5.84. The average Bonchev–Trinajstić information content (AvgIpc) is 2.81. The molecule has 0 radical (unpaired) electrons. The Morgan fingerprint density at radius 3 is 2.24 bits per heavy atom. The molecule has 0 aliphatic rings. The van der Waals surface area contributed by atoms with Gasteiger partial charge < -0.3 is 0 Å². The molecule has 1 heterocycles. The van der Waals surface area contributed by atoms with Crippen molar-refractivity contribution in [2.75, 3.05) is 0 Å². The number of aryl methyl sites for hydroxylation is 2. The zero-order valence-corrected chi connectivity index (χ0v) is 19.0. The SMILES string of the molecule is CCCCCCc1ccc(-c2cc(-c3nc4ccccc4cc3C)ccc2C(F)(F)F)cc1. The molecular formula is C29H28F3N. The maximum absolute atomic E-state index is 13.9. The van der Waals surface area contributed by atoms with Gasteiger partial charge in [-0.15, -0.1) is 0 Å². The Labute approximate surface area is 193 Å². The van der Waals surface area contributed by atoms with Gasteiger partial charge in [0.2, 0.25) is 0 Å². The van der Waals surface area contributed by atoms with Crippen LogP contribution in [0.15, 0.2) is 72.8 Å². The summed E-state index contributed by atoms with van der Waals surface area (Å²) in [5.74, 6) is 0. The summed E-state index contributed by atoms with van der Waals surface area (Å²) in [5, 5.41) is 1.01. The van der Waals surface area contributed by atoms with E-state index >= 15 is 0 Å². The molecular weight excluding hydrogens is 419 g/mol. The quantitative estimate of drug-likeness (QED) is 0.258. The summed E-state index contributed by atoms with van der Waals surface area (Å²) in [6, 6.07) is 21.7. The number of nitrogens with zero attached hydrogens (tertiary/aromatic N) is 1. The number of pyridine rings is 1. The van der Waals surface area contributed by atoms with Gasteiger partial charge in [0.25, 0.3) is 0 Å². The van der Waals surface area contributed by atoms with E-state index in [9.17, 15) is 13.2 Å². The van der Waals surface area contributed by atoms with Gasteiger partial charge in [0.05, 0.1) is 16.8 Å². The fraction of sp³-hybridized carbons (Fsp3) is 0.276. The van der Waals surface area contributed by atoms with Crippen molar-refractivity contribution in [3.8, 4) is 22.4 Å². The van der Waals surface area contributed by atoms with E-state index < -0.39 is 11.7 Å². The first-order valence-corrected chi connectivity index (χ1v) is 11.5. The minimum Gasteiger partial charge on any atom is -0.248 e. The lowest BCUT2D eigenvalue weighted by Crippen LogP contribution is -2.07. The molecule has 0 bridgehead atoms.